The molecule has 16 heavy (non-hydrogen) atoms. The molecule has 3 N–H and O–H groups in total. The van der Waals surface area contributed by atoms with Crippen LogP contribution in [0, 0.1) is 6.92 Å². The number of aromatic hydroxyl groups is 1. The van der Waals surface area contributed by atoms with Gasteiger partial charge in [-0.15, -0.1) is 0 Å². The van der Waals surface area contributed by atoms with Gasteiger partial charge < -0.3 is 10.8 Å². The van der Waals surface area contributed by atoms with Crippen LogP contribution in [0.5, 0.6) is 5.75 Å². The van der Waals surface area contributed by atoms with Crippen molar-refractivity contribution < 1.29 is 5.11 Å². The predicted molar refractivity (Wildman–Crippen MR) is 61.8 cm³/mol. The van der Waals surface area contributed by atoms with Crippen molar-refractivity contribution in [3.63, 3.8) is 0 Å². The lowest BCUT2D eigenvalue weighted by molar-refractivity contribution is 0.477. The molecule has 0 bridgehead atoms. The van der Waals surface area contributed by atoms with Gasteiger partial charge in [0.2, 0.25) is 0 Å². The third-order valence-corrected chi connectivity index (χ3v) is 2.36. The molecule has 2 aromatic rings. The van der Waals surface area contributed by atoms with Gasteiger partial charge in [0.1, 0.15) is 11.6 Å². The largest absolute Gasteiger partial charge is 0.507 e. The summed E-state index contributed by atoms with van der Waals surface area (Å²) in [5, 5.41) is 9.77. The number of benzene rings is 1. The minimum Gasteiger partial charge on any atom is -0.507 e. The Morgan fingerprint density at radius 2 is 2.06 bits per heavy atom. The molecular formula is C12H13N3O. The van der Waals surface area contributed by atoms with E-state index < -0.39 is 0 Å². The zero-order chi connectivity index (χ0) is 11.5. The van der Waals surface area contributed by atoms with Crippen LogP contribution < -0.4 is 5.73 Å². The molecule has 0 aliphatic heterocycles. The highest BCUT2D eigenvalue weighted by Gasteiger charge is 2.10. The number of phenols is 1. The van der Waals surface area contributed by atoms with Gasteiger partial charge >= 0.3 is 0 Å². The molecule has 4 nitrogen and oxygen atoms in total. The topological polar surface area (TPSA) is 72.0 Å². The number of rotatable bonds is 2. The van der Waals surface area contributed by atoms with Crippen LogP contribution in [0.3, 0.4) is 0 Å². The first-order valence-electron chi connectivity index (χ1n) is 5.03. The Bertz CT molecular complexity index is 511. The van der Waals surface area contributed by atoms with E-state index >= 15 is 0 Å². The lowest BCUT2D eigenvalue weighted by atomic mass is 10.1. The van der Waals surface area contributed by atoms with Gasteiger partial charge in [-0.05, 0) is 19.1 Å². The Morgan fingerprint density at radius 1 is 1.31 bits per heavy atom. The second kappa shape index (κ2) is 4.28. The van der Waals surface area contributed by atoms with Crippen molar-refractivity contribution in [3.05, 3.63) is 41.9 Å². The van der Waals surface area contributed by atoms with Crippen LogP contribution >= 0.6 is 0 Å². The first-order chi connectivity index (χ1) is 7.72. The summed E-state index contributed by atoms with van der Waals surface area (Å²) in [4.78, 5) is 8.42. The number of aryl methyl sites for hydroxylation is 1. The zero-order valence-corrected chi connectivity index (χ0v) is 9.01. The Kier molecular flexibility index (Phi) is 2.83. The Labute approximate surface area is 93.8 Å². The van der Waals surface area contributed by atoms with Crippen molar-refractivity contribution in [2.24, 2.45) is 5.73 Å². The fraction of sp³-hybridized carbons (Fsp3) is 0.167. The molecule has 0 radical (unpaired) electrons. The van der Waals surface area contributed by atoms with Gasteiger partial charge in [0.25, 0.3) is 0 Å². The Balaban J connectivity index is 2.63. The van der Waals surface area contributed by atoms with Crippen LogP contribution in [0.1, 0.15) is 11.4 Å². The van der Waals surface area contributed by atoms with Gasteiger partial charge in [0, 0.05) is 23.9 Å². The van der Waals surface area contributed by atoms with Crippen molar-refractivity contribution in [2.75, 3.05) is 0 Å². The third kappa shape index (κ3) is 1.87. The molecule has 0 saturated carbocycles. The van der Waals surface area contributed by atoms with E-state index in [0.717, 1.165) is 5.56 Å². The van der Waals surface area contributed by atoms with E-state index in [0.29, 0.717) is 23.6 Å². The highest BCUT2D eigenvalue weighted by Crippen LogP contribution is 2.29. The summed E-state index contributed by atoms with van der Waals surface area (Å²) >= 11 is 0. The fourth-order valence-corrected chi connectivity index (χ4v) is 1.55. The highest BCUT2D eigenvalue weighted by atomic mass is 16.3. The van der Waals surface area contributed by atoms with Crippen molar-refractivity contribution >= 4 is 0 Å². The van der Waals surface area contributed by atoms with Gasteiger partial charge in [-0.3, -0.25) is 0 Å². The van der Waals surface area contributed by atoms with E-state index in [2.05, 4.69) is 9.97 Å². The molecule has 82 valence electrons. The molecule has 0 unspecified atom stereocenters. The van der Waals surface area contributed by atoms with Gasteiger partial charge in [0.05, 0.1) is 5.69 Å². The summed E-state index contributed by atoms with van der Waals surface area (Å²) in [5.74, 6) is 0.866. The van der Waals surface area contributed by atoms with E-state index in [1.54, 1.807) is 18.3 Å². The highest BCUT2D eigenvalue weighted by molar-refractivity contribution is 5.69. The summed E-state index contributed by atoms with van der Waals surface area (Å²) in [7, 11) is 0. The molecular weight excluding hydrogens is 202 g/mol. The van der Waals surface area contributed by atoms with Crippen LogP contribution in [0.15, 0.2) is 30.5 Å². The van der Waals surface area contributed by atoms with E-state index in [1.807, 2.05) is 19.1 Å². The molecule has 2 rings (SSSR count). The molecule has 0 aliphatic carbocycles. The first-order valence-corrected chi connectivity index (χ1v) is 5.03. The lowest BCUT2D eigenvalue weighted by Crippen LogP contribution is -2.03. The standard InChI is InChI=1S/C12H13N3O/c1-8-14-7-9(6-13)12(15-8)10-4-2-3-5-11(10)16/h2-5,7,16H,6,13H2,1H3. The predicted octanol–water partition coefficient (Wildman–Crippen LogP) is 1.62. The smallest absolute Gasteiger partial charge is 0.125 e. The quantitative estimate of drug-likeness (QED) is 0.798. The molecule has 1 aromatic heterocycles. The normalized spacial score (nSPS) is 10.4. The summed E-state index contributed by atoms with van der Waals surface area (Å²) in [5.41, 5.74) is 7.84. The number of hydrogen-bond acceptors (Lipinski definition) is 4. The first kappa shape index (κ1) is 10.6. The van der Waals surface area contributed by atoms with Crippen molar-refractivity contribution in [3.8, 4) is 17.0 Å². The summed E-state index contributed by atoms with van der Waals surface area (Å²) < 4.78 is 0. The Hall–Kier alpha value is -1.94. The summed E-state index contributed by atoms with van der Waals surface area (Å²) in [6, 6.07) is 7.07. The molecule has 0 fully saturated rings. The van der Waals surface area contributed by atoms with Gasteiger partial charge in [-0.25, -0.2) is 9.97 Å². The average molecular weight is 215 g/mol. The maximum absolute atomic E-state index is 9.77. The van der Waals surface area contributed by atoms with E-state index in [4.69, 9.17) is 5.73 Å². The van der Waals surface area contributed by atoms with Crippen LogP contribution in [-0.2, 0) is 6.54 Å². The van der Waals surface area contributed by atoms with Crippen LogP contribution in [0.25, 0.3) is 11.3 Å². The Morgan fingerprint density at radius 3 is 2.75 bits per heavy atom. The number of nitrogens with zero attached hydrogens (tertiary/aromatic N) is 2. The summed E-state index contributed by atoms with van der Waals surface area (Å²) in [6.45, 7) is 2.16. The van der Waals surface area contributed by atoms with Crippen LogP contribution in [0.4, 0.5) is 0 Å². The second-order valence-corrected chi connectivity index (χ2v) is 3.51. The van der Waals surface area contributed by atoms with Crippen molar-refractivity contribution in [1.82, 2.24) is 9.97 Å². The molecule has 0 aliphatic rings. The number of nitrogens with two attached hydrogens (primary N) is 1. The number of aromatic nitrogens is 2. The molecule has 0 atom stereocenters. The molecule has 4 heteroatoms. The fourth-order valence-electron chi connectivity index (χ4n) is 1.55. The third-order valence-electron chi connectivity index (χ3n) is 2.36. The average Bonchev–Trinajstić information content (AvgIpc) is 2.29. The number of phenolic OH excluding ortho intramolecular Hbond substituents is 1. The number of para-hydroxylation sites is 1. The van der Waals surface area contributed by atoms with Gasteiger partial charge in [0.15, 0.2) is 0 Å². The lowest BCUT2D eigenvalue weighted by Gasteiger charge is -2.08. The molecule has 0 saturated heterocycles. The zero-order valence-electron chi connectivity index (χ0n) is 9.01. The SMILES string of the molecule is Cc1ncc(CN)c(-c2ccccc2O)n1. The van der Waals surface area contributed by atoms with Gasteiger partial charge in [-0.2, -0.15) is 0 Å². The molecule has 1 aromatic carbocycles. The maximum atomic E-state index is 9.77. The number of hydrogen-bond donors (Lipinski definition) is 2. The van der Waals surface area contributed by atoms with E-state index in [1.165, 1.54) is 0 Å². The van der Waals surface area contributed by atoms with Crippen molar-refractivity contribution in [1.29, 1.82) is 0 Å². The monoisotopic (exact) mass is 215 g/mol. The maximum Gasteiger partial charge on any atom is 0.125 e. The molecule has 0 spiro atoms. The second-order valence-electron chi connectivity index (χ2n) is 3.51. The van der Waals surface area contributed by atoms with Gasteiger partial charge in [-0.1, -0.05) is 12.1 Å². The molecule has 0 amide bonds. The minimum atomic E-state index is 0.204. The van der Waals surface area contributed by atoms with E-state index in [9.17, 15) is 5.11 Å². The van der Waals surface area contributed by atoms with Crippen LogP contribution in [0.2, 0.25) is 0 Å². The summed E-state index contributed by atoms with van der Waals surface area (Å²) in [6.07, 6.45) is 1.70. The van der Waals surface area contributed by atoms with Crippen molar-refractivity contribution in [2.45, 2.75) is 13.5 Å². The molecule has 1 heterocycles. The van der Waals surface area contributed by atoms with Crippen LogP contribution in [-0.4, -0.2) is 15.1 Å². The van der Waals surface area contributed by atoms with E-state index in [-0.39, 0.29) is 5.75 Å². The minimum absolute atomic E-state index is 0.204.